The zero-order valence-corrected chi connectivity index (χ0v) is 17.2. The van der Waals surface area contributed by atoms with Crippen molar-refractivity contribution in [3.63, 3.8) is 0 Å². The van der Waals surface area contributed by atoms with Gasteiger partial charge in [0.25, 0.3) is 0 Å². The Balaban J connectivity index is 1.65. The smallest absolute Gasteiger partial charge is 0.227 e. The maximum absolute atomic E-state index is 5.56. The predicted molar refractivity (Wildman–Crippen MR) is 116 cm³/mol. The summed E-state index contributed by atoms with van der Waals surface area (Å²) in [5, 5.41) is 4.50. The lowest BCUT2D eigenvalue weighted by molar-refractivity contribution is 0.311. The Morgan fingerprint density at radius 1 is 0.931 bits per heavy atom. The first-order valence-corrected chi connectivity index (χ1v) is 9.83. The van der Waals surface area contributed by atoms with E-state index in [2.05, 4.69) is 22.2 Å². The summed E-state index contributed by atoms with van der Waals surface area (Å²) in [4.78, 5) is 14.3. The van der Waals surface area contributed by atoms with Crippen molar-refractivity contribution in [1.82, 2.24) is 14.9 Å². The molecule has 0 aliphatic carbocycles. The molecule has 1 aliphatic rings. The summed E-state index contributed by atoms with van der Waals surface area (Å²) in [7, 11) is 5.45. The molecule has 4 rings (SSSR count). The fourth-order valence-electron chi connectivity index (χ4n) is 3.62. The number of rotatable bonds is 6. The van der Waals surface area contributed by atoms with Crippen molar-refractivity contribution < 1.29 is 9.47 Å². The van der Waals surface area contributed by atoms with Gasteiger partial charge in [-0.2, -0.15) is 4.98 Å². The van der Waals surface area contributed by atoms with Crippen LogP contribution in [0.25, 0.3) is 10.9 Å². The van der Waals surface area contributed by atoms with Crippen LogP contribution >= 0.6 is 0 Å². The fraction of sp³-hybridized carbons (Fsp3) is 0.364. The van der Waals surface area contributed by atoms with Crippen LogP contribution < -0.4 is 19.7 Å². The van der Waals surface area contributed by atoms with E-state index in [-0.39, 0.29) is 0 Å². The number of hydrogen-bond acceptors (Lipinski definition) is 7. The largest absolute Gasteiger partial charge is 0.493 e. The van der Waals surface area contributed by atoms with Crippen molar-refractivity contribution in [2.75, 3.05) is 57.7 Å². The number of anilines is 2. The maximum Gasteiger partial charge on any atom is 0.227 e. The highest BCUT2D eigenvalue weighted by molar-refractivity contribution is 5.90. The molecule has 152 valence electrons. The van der Waals surface area contributed by atoms with Crippen molar-refractivity contribution in [2.24, 2.45) is 0 Å². The minimum atomic E-state index is 0.573. The van der Waals surface area contributed by atoms with E-state index in [4.69, 9.17) is 19.4 Å². The van der Waals surface area contributed by atoms with E-state index in [1.807, 2.05) is 42.5 Å². The van der Waals surface area contributed by atoms with Crippen LogP contribution in [0, 0.1) is 0 Å². The van der Waals surface area contributed by atoms with E-state index >= 15 is 0 Å². The lowest BCUT2D eigenvalue weighted by Gasteiger charge is -2.32. The topological polar surface area (TPSA) is 62.8 Å². The Kier molecular flexibility index (Phi) is 5.67. The molecule has 0 bridgehead atoms. The number of fused-ring (bicyclic) bond motifs is 1. The molecule has 3 aromatic rings. The van der Waals surface area contributed by atoms with Crippen LogP contribution in [0.4, 0.5) is 11.8 Å². The average Bonchev–Trinajstić information content (AvgIpc) is 2.77. The molecule has 0 unspecified atom stereocenters. The van der Waals surface area contributed by atoms with Crippen molar-refractivity contribution in [3.05, 3.63) is 48.0 Å². The quantitative estimate of drug-likeness (QED) is 0.691. The van der Waals surface area contributed by atoms with Gasteiger partial charge in [0, 0.05) is 43.7 Å². The highest BCUT2D eigenvalue weighted by Gasteiger charge is 2.19. The summed E-state index contributed by atoms with van der Waals surface area (Å²) >= 11 is 0. The lowest BCUT2D eigenvalue weighted by Crippen LogP contribution is -2.45. The molecular weight excluding hydrogens is 366 g/mol. The second-order valence-electron chi connectivity index (χ2n) is 7.19. The zero-order valence-electron chi connectivity index (χ0n) is 17.2. The Bertz CT molecular complexity index is 986. The van der Waals surface area contributed by atoms with Crippen LogP contribution in [0.2, 0.25) is 0 Å². The average molecular weight is 393 g/mol. The highest BCUT2D eigenvalue weighted by atomic mass is 16.5. The third-order valence-electron chi connectivity index (χ3n) is 5.31. The number of piperazine rings is 1. The monoisotopic (exact) mass is 393 g/mol. The molecule has 0 amide bonds. The maximum atomic E-state index is 5.56. The lowest BCUT2D eigenvalue weighted by atomic mass is 10.1. The van der Waals surface area contributed by atoms with Gasteiger partial charge in [-0.25, -0.2) is 4.98 Å². The summed E-state index contributed by atoms with van der Waals surface area (Å²) < 4.78 is 11.0. The van der Waals surface area contributed by atoms with Crippen LogP contribution in [-0.4, -0.2) is 62.3 Å². The molecule has 2 aromatic carbocycles. The molecule has 0 spiro atoms. The van der Waals surface area contributed by atoms with Crippen LogP contribution in [0.3, 0.4) is 0 Å². The van der Waals surface area contributed by atoms with Gasteiger partial charge in [-0.05, 0) is 25.2 Å². The van der Waals surface area contributed by atoms with Crippen LogP contribution in [0.5, 0.6) is 11.5 Å². The van der Waals surface area contributed by atoms with Gasteiger partial charge in [0.15, 0.2) is 11.5 Å². The second-order valence-corrected chi connectivity index (χ2v) is 7.19. The molecule has 1 aromatic heterocycles. The number of ether oxygens (including phenoxy) is 2. The molecule has 29 heavy (non-hydrogen) atoms. The number of nitrogens with zero attached hydrogens (tertiary/aromatic N) is 4. The normalized spacial score (nSPS) is 14.8. The third-order valence-corrected chi connectivity index (χ3v) is 5.31. The molecule has 1 aliphatic heterocycles. The number of likely N-dealkylation sites (N-methyl/N-ethyl adjacent to an activating group) is 1. The van der Waals surface area contributed by atoms with E-state index < -0.39 is 0 Å². The van der Waals surface area contributed by atoms with Crippen molar-refractivity contribution in [1.29, 1.82) is 0 Å². The van der Waals surface area contributed by atoms with Crippen molar-refractivity contribution >= 4 is 22.7 Å². The first-order chi connectivity index (χ1) is 14.2. The molecule has 1 fully saturated rings. The van der Waals surface area contributed by atoms with E-state index in [0.717, 1.165) is 65.9 Å². The van der Waals surface area contributed by atoms with E-state index in [1.165, 1.54) is 0 Å². The number of nitrogens with one attached hydrogen (secondary N) is 1. The molecule has 0 saturated carbocycles. The van der Waals surface area contributed by atoms with Gasteiger partial charge in [-0.3, -0.25) is 0 Å². The van der Waals surface area contributed by atoms with Crippen LogP contribution in [-0.2, 0) is 6.54 Å². The standard InChI is InChI=1S/C22H27N5O2/c1-26-11-13-27(14-12-26)22-24-18-9-5-4-8-17(18)21(25-22)23-15-16-7-6-10-19(28-2)20(16)29-3/h4-10H,11-15H2,1-3H3,(H,23,24,25). The number of para-hydroxylation sites is 2. The Morgan fingerprint density at radius 2 is 1.72 bits per heavy atom. The molecule has 1 saturated heterocycles. The van der Waals surface area contributed by atoms with Gasteiger partial charge in [0.2, 0.25) is 5.95 Å². The van der Waals surface area contributed by atoms with Crippen LogP contribution in [0.15, 0.2) is 42.5 Å². The first kappa shape index (κ1) is 19.3. The van der Waals surface area contributed by atoms with Gasteiger partial charge in [0.1, 0.15) is 5.82 Å². The Hall–Kier alpha value is -3.06. The highest BCUT2D eigenvalue weighted by Crippen LogP contribution is 2.32. The molecular formula is C22H27N5O2. The molecule has 0 atom stereocenters. The zero-order chi connectivity index (χ0) is 20.2. The summed E-state index contributed by atoms with van der Waals surface area (Å²) in [6, 6.07) is 14.0. The van der Waals surface area contributed by atoms with E-state index in [1.54, 1.807) is 14.2 Å². The minimum absolute atomic E-state index is 0.573. The van der Waals surface area contributed by atoms with Crippen molar-refractivity contribution in [2.45, 2.75) is 6.54 Å². The number of methoxy groups -OCH3 is 2. The number of aromatic nitrogens is 2. The van der Waals surface area contributed by atoms with Gasteiger partial charge in [-0.15, -0.1) is 0 Å². The predicted octanol–water partition coefficient (Wildman–Crippen LogP) is 3.01. The second kappa shape index (κ2) is 8.53. The van der Waals surface area contributed by atoms with Gasteiger partial charge in [-0.1, -0.05) is 24.3 Å². The van der Waals surface area contributed by atoms with Crippen LogP contribution in [0.1, 0.15) is 5.56 Å². The molecule has 0 radical (unpaired) electrons. The Morgan fingerprint density at radius 3 is 2.48 bits per heavy atom. The summed E-state index contributed by atoms with van der Waals surface area (Å²) in [6.45, 7) is 4.46. The third kappa shape index (κ3) is 4.05. The van der Waals surface area contributed by atoms with E-state index in [9.17, 15) is 0 Å². The molecule has 7 heteroatoms. The van der Waals surface area contributed by atoms with Gasteiger partial charge >= 0.3 is 0 Å². The van der Waals surface area contributed by atoms with Gasteiger partial charge in [0.05, 0.1) is 19.7 Å². The Labute approximate surface area is 171 Å². The molecule has 2 heterocycles. The summed E-state index contributed by atoms with van der Waals surface area (Å²) in [5.74, 6) is 3.06. The number of hydrogen-bond donors (Lipinski definition) is 1. The molecule has 7 nitrogen and oxygen atoms in total. The number of benzene rings is 2. The SMILES string of the molecule is COc1cccc(CNc2nc(N3CCN(C)CC3)nc3ccccc23)c1OC. The first-order valence-electron chi connectivity index (χ1n) is 9.83. The fourth-order valence-corrected chi connectivity index (χ4v) is 3.62. The van der Waals surface area contributed by atoms with E-state index in [0.29, 0.717) is 6.54 Å². The van der Waals surface area contributed by atoms with Gasteiger partial charge < -0.3 is 24.6 Å². The van der Waals surface area contributed by atoms with Crippen molar-refractivity contribution in [3.8, 4) is 11.5 Å². The summed E-state index contributed by atoms with van der Waals surface area (Å²) in [5.41, 5.74) is 1.95. The minimum Gasteiger partial charge on any atom is -0.493 e. The molecule has 1 N–H and O–H groups in total. The summed E-state index contributed by atoms with van der Waals surface area (Å²) in [6.07, 6.45) is 0.